The second kappa shape index (κ2) is 6.59. The first-order chi connectivity index (χ1) is 9.11. The molecule has 0 spiro atoms. The topological polar surface area (TPSA) is 24.9 Å². The van der Waals surface area contributed by atoms with Crippen molar-refractivity contribution in [1.29, 1.82) is 0 Å². The Balaban J connectivity index is 2.25. The number of nitrogens with one attached hydrogen (secondary N) is 1. The molecule has 0 aliphatic heterocycles. The van der Waals surface area contributed by atoms with Gasteiger partial charge in [0.15, 0.2) is 0 Å². The molecule has 100 valence electrons. The summed E-state index contributed by atoms with van der Waals surface area (Å²) in [5.41, 5.74) is 1.56. The molecule has 1 aromatic heterocycles. The van der Waals surface area contributed by atoms with Crippen LogP contribution in [0.5, 0.6) is 0 Å². The minimum absolute atomic E-state index is 0.105. The van der Waals surface area contributed by atoms with E-state index in [-0.39, 0.29) is 11.9 Å². The number of pyridine rings is 1. The fourth-order valence-electron chi connectivity index (χ4n) is 1.89. The maximum absolute atomic E-state index is 14.1. The zero-order chi connectivity index (χ0) is 13.8. The van der Waals surface area contributed by atoms with E-state index in [4.69, 9.17) is 0 Å². The van der Waals surface area contributed by atoms with Crippen molar-refractivity contribution in [3.63, 3.8) is 0 Å². The molecule has 0 aliphatic rings. The lowest BCUT2D eigenvalue weighted by Crippen LogP contribution is -2.20. The van der Waals surface area contributed by atoms with Gasteiger partial charge in [0, 0.05) is 34.4 Å². The van der Waals surface area contributed by atoms with Crippen molar-refractivity contribution in [1.82, 2.24) is 10.3 Å². The largest absolute Gasteiger partial charge is 0.313 e. The average Bonchev–Trinajstić information content (AvgIpc) is 2.42. The minimum Gasteiger partial charge on any atom is -0.313 e. The highest BCUT2D eigenvalue weighted by Gasteiger charge is 2.16. The molecule has 0 fully saturated rings. The van der Waals surface area contributed by atoms with E-state index in [1.165, 1.54) is 0 Å². The first-order valence-electron chi connectivity index (χ1n) is 5.83. The Morgan fingerprint density at radius 3 is 2.68 bits per heavy atom. The predicted molar refractivity (Wildman–Crippen MR) is 81.5 cm³/mol. The van der Waals surface area contributed by atoms with Crippen LogP contribution in [0.3, 0.4) is 0 Å². The summed E-state index contributed by atoms with van der Waals surface area (Å²) < 4.78 is 15.5. The molecular weight excluding hydrogens is 375 g/mol. The van der Waals surface area contributed by atoms with Crippen molar-refractivity contribution in [2.24, 2.45) is 0 Å². The highest BCUT2D eigenvalue weighted by atomic mass is 79.9. The minimum atomic E-state index is -0.223. The van der Waals surface area contributed by atoms with Gasteiger partial charge in [-0.05, 0) is 57.1 Å². The Kier molecular flexibility index (Phi) is 5.07. The van der Waals surface area contributed by atoms with Gasteiger partial charge < -0.3 is 5.32 Å². The Hall–Kier alpha value is -0.780. The quantitative estimate of drug-likeness (QED) is 0.848. The first-order valence-corrected chi connectivity index (χ1v) is 7.42. The molecule has 1 N–H and O–H groups in total. The molecule has 2 rings (SSSR count). The summed E-state index contributed by atoms with van der Waals surface area (Å²) in [6.07, 6.45) is 2.39. The van der Waals surface area contributed by atoms with E-state index < -0.39 is 0 Å². The van der Waals surface area contributed by atoms with Crippen LogP contribution in [-0.2, 0) is 6.42 Å². The number of hydrogen-bond acceptors (Lipinski definition) is 2. The molecule has 1 heterocycles. The lowest BCUT2D eigenvalue weighted by atomic mass is 10.0. The second-order valence-corrected chi connectivity index (χ2v) is 5.93. The molecule has 1 unspecified atom stereocenters. The van der Waals surface area contributed by atoms with Gasteiger partial charge in [0.1, 0.15) is 5.82 Å². The van der Waals surface area contributed by atoms with Gasteiger partial charge in [-0.15, -0.1) is 0 Å². The van der Waals surface area contributed by atoms with Gasteiger partial charge in [0.2, 0.25) is 0 Å². The number of aromatic nitrogens is 1. The molecule has 0 saturated heterocycles. The lowest BCUT2D eigenvalue weighted by Gasteiger charge is -2.17. The van der Waals surface area contributed by atoms with E-state index >= 15 is 0 Å². The van der Waals surface area contributed by atoms with E-state index in [0.717, 1.165) is 10.2 Å². The SMILES string of the molecule is CNC(Cc1ccc(Br)cn1)c1cccc(Br)c1F. The van der Waals surface area contributed by atoms with Crippen LogP contribution in [0.4, 0.5) is 4.39 Å². The molecule has 0 saturated carbocycles. The molecule has 19 heavy (non-hydrogen) atoms. The van der Waals surface area contributed by atoms with Crippen LogP contribution < -0.4 is 5.32 Å². The van der Waals surface area contributed by atoms with Crippen LogP contribution in [0.25, 0.3) is 0 Å². The van der Waals surface area contributed by atoms with Crippen LogP contribution in [-0.4, -0.2) is 12.0 Å². The molecule has 2 aromatic rings. The summed E-state index contributed by atoms with van der Waals surface area (Å²) in [5.74, 6) is -0.223. The zero-order valence-corrected chi connectivity index (χ0v) is 13.5. The Morgan fingerprint density at radius 2 is 2.05 bits per heavy atom. The smallest absolute Gasteiger partial charge is 0.142 e. The monoisotopic (exact) mass is 386 g/mol. The number of likely N-dealkylation sites (N-methyl/N-ethyl adjacent to an activating group) is 1. The molecule has 0 amide bonds. The fraction of sp³-hybridized carbons (Fsp3) is 0.214. The van der Waals surface area contributed by atoms with E-state index in [0.29, 0.717) is 16.5 Å². The summed E-state index contributed by atoms with van der Waals surface area (Å²) >= 11 is 6.56. The number of nitrogens with zero attached hydrogens (tertiary/aromatic N) is 1. The Labute approximate surface area is 128 Å². The maximum Gasteiger partial charge on any atom is 0.142 e. The standard InChI is InChI=1S/C14H13Br2FN2/c1-18-13(7-10-6-5-9(15)8-19-10)11-3-2-4-12(16)14(11)17/h2-6,8,13,18H,7H2,1H3. The van der Waals surface area contributed by atoms with Gasteiger partial charge in [-0.2, -0.15) is 0 Å². The molecule has 0 aliphatic carbocycles. The average molecular weight is 388 g/mol. The van der Waals surface area contributed by atoms with Crippen molar-refractivity contribution in [3.05, 3.63) is 62.5 Å². The number of hydrogen-bond donors (Lipinski definition) is 1. The highest BCUT2D eigenvalue weighted by molar-refractivity contribution is 9.10. The highest BCUT2D eigenvalue weighted by Crippen LogP contribution is 2.25. The van der Waals surface area contributed by atoms with Crippen molar-refractivity contribution >= 4 is 31.9 Å². The van der Waals surface area contributed by atoms with Crippen LogP contribution in [0.1, 0.15) is 17.3 Å². The van der Waals surface area contributed by atoms with Crippen LogP contribution in [0.2, 0.25) is 0 Å². The molecule has 2 nitrogen and oxygen atoms in total. The molecular formula is C14H13Br2FN2. The number of benzene rings is 1. The van der Waals surface area contributed by atoms with E-state index in [2.05, 4.69) is 42.2 Å². The lowest BCUT2D eigenvalue weighted by molar-refractivity contribution is 0.527. The summed E-state index contributed by atoms with van der Waals surface area (Å²) in [7, 11) is 1.82. The third kappa shape index (κ3) is 3.61. The van der Waals surface area contributed by atoms with Crippen LogP contribution in [0.15, 0.2) is 45.5 Å². The van der Waals surface area contributed by atoms with Crippen molar-refractivity contribution < 1.29 is 4.39 Å². The van der Waals surface area contributed by atoms with E-state index in [1.54, 1.807) is 18.3 Å². The van der Waals surface area contributed by atoms with Crippen molar-refractivity contribution in [2.75, 3.05) is 7.05 Å². The summed E-state index contributed by atoms with van der Waals surface area (Å²) in [6.45, 7) is 0. The fourth-order valence-corrected chi connectivity index (χ4v) is 2.51. The molecule has 0 bridgehead atoms. The second-order valence-electron chi connectivity index (χ2n) is 4.16. The van der Waals surface area contributed by atoms with Gasteiger partial charge >= 0.3 is 0 Å². The number of rotatable bonds is 4. The Bertz CT molecular complexity index is 558. The first kappa shape index (κ1) is 14.6. The van der Waals surface area contributed by atoms with E-state index in [1.807, 2.05) is 25.2 Å². The summed E-state index contributed by atoms with van der Waals surface area (Å²) in [5, 5.41) is 3.14. The summed E-state index contributed by atoms with van der Waals surface area (Å²) in [6, 6.07) is 9.09. The Morgan fingerprint density at radius 1 is 1.26 bits per heavy atom. The van der Waals surface area contributed by atoms with Gasteiger partial charge in [-0.1, -0.05) is 12.1 Å². The maximum atomic E-state index is 14.1. The predicted octanol–water partition coefficient (Wildman–Crippen LogP) is 4.25. The third-order valence-electron chi connectivity index (χ3n) is 2.91. The van der Waals surface area contributed by atoms with Crippen molar-refractivity contribution in [3.8, 4) is 0 Å². The molecule has 0 radical (unpaired) electrons. The van der Waals surface area contributed by atoms with E-state index in [9.17, 15) is 4.39 Å². The molecule has 1 aromatic carbocycles. The van der Waals surface area contributed by atoms with Crippen molar-refractivity contribution in [2.45, 2.75) is 12.5 Å². The molecule has 1 atom stereocenters. The normalized spacial score (nSPS) is 12.4. The summed E-state index contributed by atoms with van der Waals surface area (Å²) in [4.78, 5) is 4.32. The zero-order valence-electron chi connectivity index (χ0n) is 10.3. The number of halogens is 3. The van der Waals surface area contributed by atoms with Crippen LogP contribution in [0, 0.1) is 5.82 Å². The van der Waals surface area contributed by atoms with Crippen LogP contribution >= 0.6 is 31.9 Å². The van der Waals surface area contributed by atoms with Gasteiger partial charge in [0.25, 0.3) is 0 Å². The molecule has 5 heteroatoms. The van der Waals surface area contributed by atoms with Gasteiger partial charge in [0.05, 0.1) is 4.47 Å². The third-order valence-corrected chi connectivity index (χ3v) is 3.99. The van der Waals surface area contributed by atoms with Gasteiger partial charge in [-0.25, -0.2) is 4.39 Å². The van der Waals surface area contributed by atoms with Gasteiger partial charge in [-0.3, -0.25) is 4.98 Å².